The molecule has 0 aromatic heterocycles. The zero-order valence-electron chi connectivity index (χ0n) is 11.8. The van der Waals surface area contributed by atoms with Crippen LogP contribution in [0.25, 0.3) is 0 Å². The van der Waals surface area contributed by atoms with Crippen LogP contribution in [0.3, 0.4) is 0 Å². The SMILES string of the molecule is CC(=O)Nc1ccc(/C=N\Nc2ccc([N+](=O)[O-])cc2)cc1. The lowest BCUT2D eigenvalue weighted by atomic mass is 10.2. The molecule has 0 radical (unpaired) electrons. The van der Waals surface area contributed by atoms with Crippen LogP contribution < -0.4 is 10.7 Å². The Morgan fingerprint density at radius 1 is 1.09 bits per heavy atom. The summed E-state index contributed by atoms with van der Waals surface area (Å²) in [5, 5.41) is 17.3. The molecule has 22 heavy (non-hydrogen) atoms. The van der Waals surface area contributed by atoms with E-state index >= 15 is 0 Å². The number of nitrogens with zero attached hydrogens (tertiary/aromatic N) is 2. The molecule has 112 valence electrons. The van der Waals surface area contributed by atoms with Crippen LogP contribution in [0.1, 0.15) is 12.5 Å². The first kappa shape index (κ1) is 15.2. The van der Waals surface area contributed by atoms with Gasteiger partial charge in [0.25, 0.3) is 5.69 Å². The summed E-state index contributed by atoms with van der Waals surface area (Å²) in [5.41, 5.74) is 5.03. The second kappa shape index (κ2) is 6.98. The number of rotatable bonds is 5. The van der Waals surface area contributed by atoms with Crippen molar-refractivity contribution in [2.75, 3.05) is 10.7 Å². The van der Waals surface area contributed by atoms with Gasteiger partial charge in [0.15, 0.2) is 0 Å². The molecule has 2 aromatic carbocycles. The normalized spacial score (nSPS) is 10.4. The number of nitrogens with one attached hydrogen (secondary N) is 2. The van der Waals surface area contributed by atoms with E-state index in [2.05, 4.69) is 15.8 Å². The molecule has 0 aliphatic rings. The number of hydrogen-bond donors (Lipinski definition) is 2. The van der Waals surface area contributed by atoms with E-state index in [0.29, 0.717) is 11.4 Å². The first-order valence-electron chi connectivity index (χ1n) is 6.46. The van der Waals surface area contributed by atoms with E-state index in [4.69, 9.17) is 0 Å². The van der Waals surface area contributed by atoms with Crippen molar-refractivity contribution >= 4 is 29.2 Å². The van der Waals surface area contributed by atoms with Gasteiger partial charge in [-0.2, -0.15) is 5.10 Å². The number of amides is 1. The van der Waals surface area contributed by atoms with Gasteiger partial charge in [0.1, 0.15) is 0 Å². The minimum atomic E-state index is -0.455. The third-order valence-electron chi connectivity index (χ3n) is 2.72. The molecule has 7 heteroatoms. The fourth-order valence-electron chi connectivity index (χ4n) is 1.69. The number of benzene rings is 2. The number of nitro groups is 1. The van der Waals surface area contributed by atoms with Gasteiger partial charge in [-0.3, -0.25) is 20.3 Å². The zero-order valence-corrected chi connectivity index (χ0v) is 11.8. The summed E-state index contributed by atoms with van der Waals surface area (Å²) in [7, 11) is 0. The third-order valence-corrected chi connectivity index (χ3v) is 2.72. The Hall–Kier alpha value is -3.22. The quantitative estimate of drug-likeness (QED) is 0.503. The Labute approximate surface area is 126 Å². The van der Waals surface area contributed by atoms with Gasteiger partial charge in [0, 0.05) is 24.7 Å². The number of non-ortho nitro benzene ring substituents is 1. The highest BCUT2D eigenvalue weighted by Crippen LogP contribution is 2.15. The van der Waals surface area contributed by atoms with Gasteiger partial charge in [-0.1, -0.05) is 12.1 Å². The third kappa shape index (κ3) is 4.41. The number of nitro benzene ring substituents is 1. The maximum absolute atomic E-state index is 10.9. The van der Waals surface area contributed by atoms with Crippen molar-refractivity contribution < 1.29 is 9.72 Å². The van der Waals surface area contributed by atoms with Gasteiger partial charge in [0.2, 0.25) is 5.91 Å². The van der Waals surface area contributed by atoms with Crippen LogP contribution in [0.5, 0.6) is 0 Å². The van der Waals surface area contributed by atoms with Crippen LogP contribution in [-0.4, -0.2) is 17.0 Å². The molecule has 7 nitrogen and oxygen atoms in total. The van der Waals surface area contributed by atoms with Crippen LogP contribution >= 0.6 is 0 Å². The van der Waals surface area contributed by atoms with E-state index in [1.165, 1.54) is 19.1 Å². The molecule has 0 spiro atoms. The molecule has 2 N–H and O–H groups in total. The molecule has 2 rings (SSSR count). The predicted octanol–water partition coefficient (Wildman–Crippen LogP) is 3.00. The summed E-state index contributed by atoms with van der Waals surface area (Å²) >= 11 is 0. The Bertz CT molecular complexity index is 694. The first-order chi connectivity index (χ1) is 10.5. The highest BCUT2D eigenvalue weighted by atomic mass is 16.6. The van der Waals surface area contributed by atoms with E-state index in [1.807, 2.05) is 12.1 Å². The fourth-order valence-corrected chi connectivity index (χ4v) is 1.69. The number of anilines is 2. The number of hydrogen-bond acceptors (Lipinski definition) is 5. The largest absolute Gasteiger partial charge is 0.326 e. The lowest BCUT2D eigenvalue weighted by molar-refractivity contribution is -0.384. The summed E-state index contributed by atoms with van der Waals surface area (Å²) in [6.07, 6.45) is 1.61. The monoisotopic (exact) mass is 298 g/mol. The minimum absolute atomic E-state index is 0.0306. The summed E-state index contributed by atoms with van der Waals surface area (Å²) in [5.74, 6) is -0.124. The smallest absolute Gasteiger partial charge is 0.269 e. The van der Waals surface area contributed by atoms with E-state index < -0.39 is 4.92 Å². The van der Waals surface area contributed by atoms with Crippen LogP contribution in [0, 0.1) is 10.1 Å². The van der Waals surface area contributed by atoms with Crippen LogP contribution in [-0.2, 0) is 4.79 Å². The summed E-state index contributed by atoms with van der Waals surface area (Å²) in [6.45, 7) is 1.45. The minimum Gasteiger partial charge on any atom is -0.326 e. The molecule has 0 saturated carbocycles. The molecule has 0 aliphatic carbocycles. The van der Waals surface area contributed by atoms with Gasteiger partial charge < -0.3 is 5.32 Å². The number of carbonyl (C=O) groups excluding carboxylic acids is 1. The average molecular weight is 298 g/mol. The van der Waals surface area contributed by atoms with Crippen molar-refractivity contribution in [1.29, 1.82) is 0 Å². The topological polar surface area (TPSA) is 96.6 Å². The summed E-state index contributed by atoms with van der Waals surface area (Å²) in [4.78, 5) is 21.0. The highest BCUT2D eigenvalue weighted by Gasteiger charge is 2.02. The second-order valence-corrected chi connectivity index (χ2v) is 4.48. The highest BCUT2D eigenvalue weighted by molar-refractivity contribution is 5.89. The van der Waals surface area contributed by atoms with Crippen molar-refractivity contribution in [3.05, 3.63) is 64.2 Å². The Morgan fingerprint density at radius 2 is 1.68 bits per heavy atom. The van der Waals surface area contributed by atoms with Crippen LogP contribution in [0.15, 0.2) is 53.6 Å². The fraction of sp³-hybridized carbons (Fsp3) is 0.0667. The van der Waals surface area contributed by atoms with E-state index in [-0.39, 0.29) is 11.6 Å². The van der Waals surface area contributed by atoms with Gasteiger partial charge in [-0.15, -0.1) is 0 Å². The van der Waals surface area contributed by atoms with Crippen LogP contribution in [0.4, 0.5) is 17.1 Å². The lowest BCUT2D eigenvalue weighted by Gasteiger charge is -2.02. The van der Waals surface area contributed by atoms with Crippen molar-refractivity contribution in [3.63, 3.8) is 0 Å². The zero-order chi connectivity index (χ0) is 15.9. The molecule has 0 aliphatic heterocycles. The first-order valence-corrected chi connectivity index (χ1v) is 6.46. The molecule has 0 heterocycles. The molecule has 0 saturated heterocycles. The Morgan fingerprint density at radius 3 is 2.23 bits per heavy atom. The standard InChI is InChI=1S/C15H14N4O3/c1-11(20)17-13-4-2-12(3-5-13)10-16-18-14-6-8-15(9-7-14)19(21)22/h2-10,18H,1H3,(H,17,20)/b16-10-. The molecular formula is C15H14N4O3. The Kier molecular flexibility index (Phi) is 4.81. The van der Waals surface area contributed by atoms with Gasteiger partial charge in [-0.25, -0.2) is 0 Å². The molecule has 0 fully saturated rings. The second-order valence-electron chi connectivity index (χ2n) is 4.48. The molecule has 0 atom stereocenters. The molecule has 0 bridgehead atoms. The maximum atomic E-state index is 10.9. The maximum Gasteiger partial charge on any atom is 0.269 e. The lowest BCUT2D eigenvalue weighted by Crippen LogP contribution is -2.05. The van der Waals surface area contributed by atoms with E-state index in [1.54, 1.807) is 30.5 Å². The van der Waals surface area contributed by atoms with E-state index in [0.717, 1.165) is 5.56 Å². The summed E-state index contributed by atoms with van der Waals surface area (Å²) in [6, 6.07) is 13.1. The Balaban J connectivity index is 1.94. The predicted molar refractivity (Wildman–Crippen MR) is 85.1 cm³/mol. The van der Waals surface area contributed by atoms with Crippen molar-refractivity contribution in [1.82, 2.24) is 0 Å². The van der Waals surface area contributed by atoms with Crippen molar-refractivity contribution in [2.45, 2.75) is 6.92 Å². The van der Waals surface area contributed by atoms with Gasteiger partial charge in [-0.05, 0) is 29.8 Å². The van der Waals surface area contributed by atoms with Gasteiger partial charge in [0.05, 0.1) is 16.8 Å². The molecule has 1 amide bonds. The average Bonchev–Trinajstić information content (AvgIpc) is 2.49. The molecule has 0 unspecified atom stereocenters. The molecule has 2 aromatic rings. The van der Waals surface area contributed by atoms with Crippen molar-refractivity contribution in [2.24, 2.45) is 5.10 Å². The number of hydrazone groups is 1. The van der Waals surface area contributed by atoms with Gasteiger partial charge >= 0.3 is 0 Å². The van der Waals surface area contributed by atoms with E-state index in [9.17, 15) is 14.9 Å². The summed E-state index contributed by atoms with van der Waals surface area (Å²) < 4.78 is 0. The van der Waals surface area contributed by atoms with Crippen LogP contribution in [0.2, 0.25) is 0 Å². The number of carbonyl (C=O) groups is 1. The van der Waals surface area contributed by atoms with Crippen molar-refractivity contribution in [3.8, 4) is 0 Å². The molecular weight excluding hydrogens is 284 g/mol.